The fourth-order valence-corrected chi connectivity index (χ4v) is 5.15. The van der Waals surface area contributed by atoms with Crippen LogP contribution in [0.5, 0.6) is 0 Å². The molecule has 2 heterocycles. The number of hydrazine groups is 1. The molecule has 0 aliphatic rings. The van der Waals surface area contributed by atoms with E-state index in [-0.39, 0.29) is 11.3 Å². The van der Waals surface area contributed by atoms with Gasteiger partial charge in [0.25, 0.3) is 11.5 Å². The molecule has 0 unspecified atom stereocenters. The number of carbonyl (C=O) groups excluding carboxylic acids is 2. The van der Waals surface area contributed by atoms with Gasteiger partial charge in [0.2, 0.25) is 5.91 Å². The van der Waals surface area contributed by atoms with Gasteiger partial charge in [-0.25, -0.2) is 4.98 Å². The minimum Gasteiger partial charge on any atom is -0.283 e. The molecule has 0 radical (unpaired) electrons. The van der Waals surface area contributed by atoms with E-state index < -0.39 is 11.8 Å². The molecule has 9 heteroatoms. The van der Waals surface area contributed by atoms with Gasteiger partial charge >= 0.3 is 0 Å². The lowest BCUT2D eigenvalue weighted by molar-refractivity contribution is -0.119. The van der Waals surface area contributed by atoms with Crippen molar-refractivity contribution in [1.82, 2.24) is 20.4 Å². The fourth-order valence-electron chi connectivity index (χ4n) is 3.28. The maximum absolute atomic E-state index is 13.4. The van der Waals surface area contributed by atoms with Crippen molar-refractivity contribution in [2.45, 2.75) is 25.5 Å². The van der Waals surface area contributed by atoms with Crippen LogP contribution < -0.4 is 16.4 Å². The number of fused-ring (bicyclic) bond motifs is 1. The number of rotatable bonds is 6. The van der Waals surface area contributed by atoms with Crippen LogP contribution >= 0.6 is 23.1 Å². The molecule has 2 amide bonds. The Morgan fingerprint density at radius 3 is 2.36 bits per heavy atom. The Bertz CT molecular complexity index is 1370. The van der Waals surface area contributed by atoms with Crippen LogP contribution in [0.15, 0.2) is 70.6 Å². The van der Waals surface area contributed by atoms with Crippen molar-refractivity contribution < 1.29 is 9.59 Å². The topological polar surface area (TPSA) is 93.1 Å². The largest absolute Gasteiger partial charge is 0.283 e. The predicted molar refractivity (Wildman–Crippen MR) is 132 cm³/mol. The first kappa shape index (κ1) is 22.8. The second-order valence-electron chi connectivity index (χ2n) is 7.39. The summed E-state index contributed by atoms with van der Waals surface area (Å²) in [7, 11) is 0. The van der Waals surface area contributed by atoms with Crippen molar-refractivity contribution in [2.24, 2.45) is 0 Å². The van der Waals surface area contributed by atoms with Crippen LogP contribution in [-0.4, -0.2) is 27.1 Å². The van der Waals surface area contributed by atoms with Gasteiger partial charge in [0, 0.05) is 10.4 Å². The highest BCUT2D eigenvalue weighted by Gasteiger charge is 2.18. The number of aryl methyl sites for hydroxylation is 2. The number of thioether (sulfide) groups is 1. The molecule has 0 aliphatic heterocycles. The van der Waals surface area contributed by atoms with Crippen LogP contribution in [0.25, 0.3) is 10.2 Å². The number of nitrogens with zero attached hydrogens (tertiary/aromatic N) is 2. The lowest BCUT2D eigenvalue weighted by Crippen LogP contribution is -2.42. The van der Waals surface area contributed by atoms with Crippen LogP contribution in [0.2, 0.25) is 0 Å². The molecular formula is C24H22N4O3S2. The molecule has 2 N–H and O–H groups in total. The summed E-state index contributed by atoms with van der Waals surface area (Å²) in [5.41, 5.74) is 7.04. The first-order valence-corrected chi connectivity index (χ1v) is 12.1. The van der Waals surface area contributed by atoms with E-state index in [1.165, 1.54) is 11.3 Å². The van der Waals surface area contributed by atoms with Gasteiger partial charge in [0.1, 0.15) is 4.83 Å². The van der Waals surface area contributed by atoms with E-state index >= 15 is 0 Å². The second-order valence-corrected chi connectivity index (χ2v) is 9.54. The molecule has 33 heavy (non-hydrogen) atoms. The van der Waals surface area contributed by atoms with Gasteiger partial charge in [-0.3, -0.25) is 29.8 Å². The molecule has 0 bridgehead atoms. The number of carbonyl (C=O) groups is 2. The molecule has 2 aromatic carbocycles. The van der Waals surface area contributed by atoms with Gasteiger partial charge in [-0.05, 0) is 37.1 Å². The Hall–Kier alpha value is -3.43. The quantitative estimate of drug-likeness (QED) is 0.251. The standard InChI is InChI=1S/C24H22N4O3S2/c1-15-16(2)33-22-20(15)23(31)28(13-17-9-5-3-6-10-17)24(25-22)32-14-19(29)26-27-21(30)18-11-7-4-8-12-18/h3-12H,13-14H2,1-2H3,(H,26,29)(H,27,30). The third kappa shape index (κ3) is 5.15. The first-order valence-electron chi connectivity index (χ1n) is 10.3. The van der Waals surface area contributed by atoms with Crippen LogP contribution in [0.4, 0.5) is 0 Å². The monoisotopic (exact) mass is 478 g/mol. The zero-order valence-corrected chi connectivity index (χ0v) is 19.8. The minimum atomic E-state index is -0.404. The Balaban J connectivity index is 1.53. The molecule has 0 fully saturated rings. The normalized spacial score (nSPS) is 10.8. The summed E-state index contributed by atoms with van der Waals surface area (Å²) in [6.07, 6.45) is 0. The lowest BCUT2D eigenvalue weighted by Gasteiger charge is -2.13. The summed E-state index contributed by atoms with van der Waals surface area (Å²) in [4.78, 5) is 44.3. The average Bonchev–Trinajstić information content (AvgIpc) is 3.12. The third-order valence-electron chi connectivity index (χ3n) is 5.12. The summed E-state index contributed by atoms with van der Waals surface area (Å²) in [6.45, 7) is 4.25. The second kappa shape index (κ2) is 10.0. The third-order valence-corrected chi connectivity index (χ3v) is 7.20. The van der Waals surface area contributed by atoms with Crippen molar-refractivity contribution in [3.63, 3.8) is 0 Å². The average molecular weight is 479 g/mol. The number of hydrogen-bond acceptors (Lipinski definition) is 6. The maximum atomic E-state index is 13.4. The molecule has 7 nitrogen and oxygen atoms in total. The van der Waals surface area contributed by atoms with Crippen molar-refractivity contribution >= 4 is 45.1 Å². The summed E-state index contributed by atoms with van der Waals surface area (Å²) >= 11 is 2.63. The predicted octanol–water partition coefficient (Wildman–Crippen LogP) is 3.68. The fraction of sp³-hybridized carbons (Fsp3) is 0.167. The van der Waals surface area contributed by atoms with Crippen molar-refractivity contribution in [3.8, 4) is 0 Å². The van der Waals surface area contributed by atoms with Crippen molar-refractivity contribution in [2.75, 3.05) is 5.75 Å². The number of nitrogens with one attached hydrogen (secondary N) is 2. The summed E-state index contributed by atoms with van der Waals surface area (Å²) in [6, 6.07) is 18.3. The molecule has 0 atom stereocenters. The molecule has 0 spiro atoms. The van der Waals surface area contributed by atoms with Gasteiger partial charge in [0.05, 0.1) is 17.7 Å². The molecule has 0 saturated heterocycles. The molecular weight excluding hydrogens is 456 g/mol. The first-order chi connectivity index (χ1) is 15.9. The van der Waals surface area contributed by atoms with Crippen LogP contribution in [0.3, 0.4) is 0 Å². The van der Waals surface area contributed by atoms with E-state index in [4.69, 9.17) is 4.98 Å². The Morgan fingerprint density at radius 1 is 1.00 bits per heavy atom. The molecule has 2 aromatic heterocycles. The van der Waals surface area contributed by atoms with E-state index in [1.807, 2.05) is 44.2 Å². The van der Waals surface area contributed by atoms with Gasteiger partial charge in [-0.15, -0.1) is 11.3 Å². The van der Waals surface area contributed by atoms with E-state index in [0.717, 1.165) is 27.8 Å². The minimum absolute atomic E-state index is 0.00878. The maximum Gasteiger partial charge on any atom is 0.269 e. The highest BCUT2D eigenvalue weighted by atomic mass is 32.2. The highest BCUT2D eigenvalue weighted by molar-refractivity contribution is 7.99. The van der Waals surface area contributed by atoms with E-state index in [9.17, 15) is 14.4 Å². The van der Waals surface area contributed by atoms with Gasteiger partial charge in [0.15, 0.2) is 5.16 Å². The molecule has 0 saturated carbocycles. The van der Waals surface area contributed by atoms with Crippen LogP contribution in [0, 0.1) is 13.8 Å². The Morgan fingerprint density at radius 2 is 1.67 bits per heavy atom. The number of thiophene rings is 1. The number of hydrogen-bond donors (Lipinski definition) is 2. The van der Waals surface area contributed by atoms with Crippen LogP contribution in [0.1, 0.15) is 26.4 Å². The summed E-state index contributed by atoms with van der Waals surface area (Å²) < 4.78 is 1.61. The van der Waals surface area contributed by atoms with Crippen molar-refractivity contribution in [1.29, 1.82) is 0 Å². The molecule has 168 valence electrons. The van der Waals surface area contributed by atoms with E-state index in [2.05, 4.69) is 10.9 Å². The summed E-state index contributed by atoms with van der Waals surface area (Å²) in [5.74, 6) is -0.812. The Labute approximate surface area is 198 Å². The highest BCUT2D eigenvalue weighted by Crippen LogP contribution is 2.28. The number of benzene rings is 2. The molecule has 4 aromatic rings. The molecule has 0 aliphatic carbocycles. The van der Waals surface area contributed by atoms with Gasteiger partial charge < -0.3 is 0 Å². The summed E-state index contributed by atoms with van der Waals surface area (Å²) in [5, 5.41) is 1.08. The lowest BCUT2D eigenvalue weighted by atomic mass is 10.2. The number of aromatic nitrogens is 2. The SMILES string of the molecule is Cc1sc2nc(SCC(=O)NNC(=O)c3ccccc3)n(Cc3ccccc3)c(=O)c2c1C. The van der Waals surface area contributed by atoms with E-state index in [1.54, 1.807) is 34.9 Å². The number of amides is 2. The van der Waals surface area contributed by atoms with E-state index in [0.29, 0.717) is 27.5 Å². The van der Waals surface area contributed by atoms with Crippen LogP contribution in [-0.2, 0) is 11.3 Å². The van der Waals surface area contributed by atoms with Gasteiger partial charge in [-0.2, -0.15) is 0 Å². The zero-order valence-electron chi connectivity index (χ0n) is 18.1. The smallest absolute Gasteiger partial charge is 0.269 e. The zero-order chi connectivity index (χ0) is 23.4. The Kier molecular flexibility index (Phi) is 6.90. The van der Waals surface area contributed by atoms with Crippen molar-refractivity contribution in [3.05, 3.63) is 92.6 Å². The van der Waals surface area contributed by atoms with Gasteiger partial charge in [-0.1, -0.05) is 60.3 Å². The molecule has 4 rings (SSSR count).